The van der Waals surface area contributed by atoms with Crippen LogP contribution >= 0.6 is 22.6 Å². The first-order chi connectivity index (χ1) is 3.63. The van der Waals surface area contributed by atoms with Crippen molar-refractivity contribution in [1.82, 2.24) is 0 Å². The number of hydrogen-bond acceptors (Lipinski definition) is 2. The van der Waals surface area contributed by atoms with Gasteiger partial charge in [-0.1, -0.05) is 0 Å². The van der Waals surface area contributed by atoms with Crippen LogP contribution < -0.4 is 0 Å². The van der Waals surface area contributed by atoms with Crippen molar-refractivity contribution < 1.29 is 14.7 Å². The Morgan fingerprint density at radius 2 is 1.88 bits per heavy atom. The fourth-order valence-corrected chi connectivity index (χ4v) is 0.317. The number of aliphatic carboxylic acids is 1. The van der Waals surface area contributed by atoms with Crippen LogP contribution in [0.15, 0.2) is 12.2 Å². The average molecular weight is 226 g/mol. The van der Waals surface area contributed by atoms with Crippen LogP contribution in [0.25, 0.3) is 0 Å². The second kappa shape index (κ2) is 3.59. The van der Waals surface area contributed by atoms with Gasteiger partial charge in [-0.15, -0.1) is 0 Å². The van der Waals surface area contributed by atoms with Gasteiger partial charge in [-0.2, -0.15) is 0 Å². The normalized spacial score (nSPS) is 9.62. The second-order valence-electron chi connectivity index (χ2n) is 0.976. The molecule has 3 nitrogen and oxygen atoms in total. The van der Waals surface area contributed by atoms with Crippen LogP contribution in [0.1, 0.15) is 0 Å². The van der Waals surface area contributed by atoms with E-state index in [1.54, 1.807) is 0 Å². The molecule has 0 saturated heterocycles. The Kier molecular flexibility index (Phi) is 3.42. The maximum atomic E-state index is 9.98. The summed E-state index contributed by atoms with van der Waals surface area (Å²) >= 11 is 1.49. The quantitative estimate of drug-likeness (QED) is 0.425. The van der Waals surface area contributed by atoms with Gasteiger partial charge in [0.2, 0.25) is 3.79 Å². The summed E-state index contributed by atoms with van der Waals surface area (Å²) in [6.07, 6.45) is 1.79. The lowest BCUT2D eigenvalue weighted by atomic mass is 10.5. The zero-order chi connectivity index (χ0) is 6.57. The zero-order valence-electron chi connectivity index (χ0n) is 3.80. The molecule has 0 aromatic rings. The molecule has 0 bridgehead atoms. The first-order valence-corrected chi connectivity index (χ1v) is 2.81. The lowest BCUT2D eigenvalue weighted by molar-refractivity contribution is -0.131. The van der Waals surface area contributed by atoms with Gasteiger partial charge in [-0.05, 0) is 6.08 Å². The number of carbonyl (C=O) groups excluding carboxylic acids is 1. The van der Waals surface area contributed by atoms with Gasteiger partial charge in [0.05, 0.1) is 0 Å². The van der Waals surface area contributed by atoms with Crippen molar-refractivity contribution >= 4 is 32.4 Å². The van der Waals surface area contributed by atoms with E-state index >= 15 is 0 Å². The second-order valence-corrected chi connectivity index (χ2v) is 2.04. The van der Waals surface area contributed by atoms with E-state index in [0.717, 1.165) is 12.2 Å². The van der Waals surface area contributed by atoms with Gasteiger partial charge in [0.1, 0.15) is 0 Å². The molecule has 0 heterocycles. The van der Waals surface area contributed by atoms with Gasteiger partial charge in [0, 0.05) is 28.7 Å². The molecular weight excluding hydrogens is 223 g/mol. The molecule has 0 aromatic carbocycles. The summed E-state index contributed by atoms with van der Waals surface area (Å²) in [6.45, 7) is 0. The van der Waals surface area contributed by atoms with Gasteiger partial charge < -0.3 is 5.11 Å². The number of rotatable bonds is 2. The molecule has 0 saturated carbocycles. The van der Waals surface area contributed by atoms with Crippen molar-refractivity contribution in [2.24, 2.45) is 0 Å². The SMILES string of the molecule is O=C(O)/C=C/C(=O)I. The van der Waals surface area contributed by atoms with Crippen molar-refractivity contribution in [3.05, 3.63) is 12.2 Å². The summed E-state index contributed by atoms with van der Waals surface area (Å²) in [5, 5.41) is 7.92. The molecule has 0 aromatic heterocycles. The molecule has 8 heavy (non-hydrogen) atoms. The molecule has 0 rings (SSSR count). The molecule has 0 aliphatic heterocycles. The summed E-state index contributed by atoms with van der Waals surface area (Å²) in [5.41, 5.74) is 0. The number of halogens is 1. The van der Waals surface area contributed by atoms with E-state index in [4.69, 9.17) is 5.11 Å². The smallest absolute Gasteiger partial charge is 0.328 e. The molecule has 0 fully saturated rings. The third kappa shape index (κ3) is 5.61. The van der Waals surface area contributed by atoms with Crippen LogP contribution in [0.2, 0.25) is 0 Å². The molecule has 0 unspecified atom stereocenters. The Morgan fingerprint density at radius 1 is 1.38 bits per heavy atom. The molecule has 0 amide bonds. The van der Waals surface area contributed by atoms with Crippen molar-refractivity contribution in [3.8, 4) is 0 Å². The van der Waals surface area contributed by atoms with E-state index in [-0.39, 0.29) is 3.79 Å². The standard InChI is InChI=1S/C4H3IO3/c5-3(6)1-2-4(7)8/h1-2H,(H,7,8)/b2-1+. The predicted octanol–water partition coefficient (Wildman–Crippen LogP) is 0.589. The van der Waals surface area contributed by atoms with Crippen LogP contribution in [0.3, 0.4) is 0 Å². The molecule has 0 spiro atoms. The molecule has 0 aliphatic carbocycles. The fourth-order valence-electron chi connectivity index (χ4n) is 0.137. The average Bonchev–Trinajstić information content (AvgIpc) is 1.61. The van der Waals surface area contributed by atoms with Crippen molar-refractivity contribution in [3.63, 3.8) is 0 Å². The number of carbonyl (C=O) groups is 2. The fraction of sp³-hybridized carbons (Fsp3) is 0. The van der Waals surface area contributed by atoms with E-state index < -0.39 is 5.97 Å². The van der Waals surface area contributed by atoms with Gasteiger partial charge in [0.25, 0.3) is 0 Å². The highest BCUT2D eigenvalue weighted by Crippen LogP contribution is 1.85. The Labute approximate surface area is 59.5 Å². The Morgan fingerprint density at radius 3 is 2.00 bits per heavy atom. The highest BCUT2D eigenvalue weighted by atomic mass is 127. The molecular formula is C4H3IO3. The topological polar surface area (TPSA) is 54.4 Å². The Hall–Kier alpha value is -0.390. The highest BCUT2D eigenvalue weighted by Gasteiger charge is 1.87. The van der Waals surface area contributed by atoms with E-state index in [0.29, 0.717) is 0 Å². The minimum atomic E-state index is -1.10. The maximum absolute atomic E-state index is 9.98. The van der Waals surface area contributed by atoms with Crippen LogP contribution in [0.4, 0.5) is 0 Å². The van der Waals surface area contributed by atoms with E-state index in [1.807, 2.05) is 0 Å². The van der Waals surface area contributed by atoms with Crippen LogP contribution in [-0.4, -0.2) is 14.9 Å². The Bertz CT molecular complexity index is 122. The summed E-state index contributed by atoms with van der Waals surface area (Å²) in [4.78, 5) is 19.6. The van der Waals surface area contributed by atoms with Gasteiger partial charge in [-0.3, -0.25) is 4.79 Å². The third-order valence-electron chi connectivity index (χ3n) is 0.357. The lowest BCUT2D eigenvalue weighted by Gasteiger charge is -1.73. The van der Waals surface area contributed by atoms with Gasteiger partial charge >= 0.3 is 5.97 Å². The van der Waals surface area contributed by atoms with Crippen LogP contribution in [0, 0.1) is 0 Å². The summed E-state index contributed by atoms with van der Waals surface area (Å²) in [7, 11) is 0. The van der Waals surface area contributed by atoms with Gasteiger partial charge in [-0.25, -0.2) is 4.79 Å². The van der Waals surface area contributed by atoms with Crippen LogP contribution in [0.5, 0.6) is 0 Å². The van der Waals surface area contributed by atoms with Crippen molar-refractivity contribution in [2.75, 3.05) is 0 Å². The minimum absolute atomic E-state index is 0.287. The number of hydrogen-bond donors (Lipinski definition) is 1. The number of carboxylic acids is 1. The van der Waals surface area contributed by atoms with Crippen LogP contribution in [-0.2, 0) is 9.59 Å². The van der Waals surface area contributed by atoms with Crippen molar-refractivity contribution in [1.29, 1.82) is 0 Å². The monoisotopic (exact) mass is 226 g/mol. The van der Waals surface area contributed by atoms with Crippen molar-refractivity contribution in [2.45, 2.75) is 0 Å². The third-order valence-corrected chi connectivity index (χ3v) is 0.717. The van der Waals surface area contributed by atoms with E-state index in [1.165, 1.54) is 22.6 Å². The molecule has 0 radical (unpaired) electrons. The molecule has 44 valence electrons. The molecule has 0 aliphatic rings. The largest absolute Gasteiger partial charge is 0.478 e. The molecule has 0 atom stereocenters. The lowest BCUT2D eigenvalue weighted by Crippen LogP contribution is -1.87. The highest BCUT2D eigenvalue weighted by molar-refractivity contribution is 14.1. The maximum Gasteiger partial charge on any atom is 0.328 e. The molecule has 4 heteroatoms. The zero-order valence-corrected chi connectivity index (χ0v) is 5.95. The number of allylic oxidation sites excluding steroid dienone is 1. The molecule has 1 N–H and O–H groups in total. The first kappa shape index (κ1) is 7.61. The number of carboxylic acid groups (broad SMARTS) is 1. The minimum Gasteiger partial charge on any atom is -0.478 e. The summed E-state index contributed by atoms with van der Waals surface area (Å²) in [6, 6.07) is 0. The predicted molar refractivity (Wildman–Crippen MR) is 35.8 cm³/mol. The Balaban J connectivity index is 3.67. The van der Waals surface area contributed by atoms with Gasteiger partial charge in [0.15, 0.2) is 0 Å². The van der Waals surface area contributed by atoms with E-state index in [9.17, 15) is 9.59 Å². The first-order valence-electron chi connectivity index (χ1n) is 1.73. The summed E-state index contributed by atoms with van der Waals surface area (Å²) in [5.74, 6) is -1.10. The summed E-state index contributed by atoms with van der Waals surface area (Å²) < 4.78 is -0.287. The van der Waals surface area contributed by atoms with E-state index in [2.05, 4.69) is 0 Å².